The summed E-state index contributed by atoms with van der Waals surface area (Å²) < 4.78 is 0.997. The van der Waals surface area contributed by atoms with E-state index in [1.165, 1.54) is 17.8 Å². The van der Waals surface area contributed by atoms with E-state index in [1.54, 1.807) is 13.2 Å². The Morgan fingerprint density at radius 2 is 1.92 bits per heavy atom. The van der Waals surface area contributed by atoms with Crippen molar-refractivity contribution in [3.8, 4) is 17.2 Å². The minimum absolute atomic E-state index is 0.0651. The van der Waals surface area contributed by atoms with E-state index in [4.69, 9.17) is 6.57 Å². The van der Waals surface area contributed by atoms with Crippen molar-refractivity contribution in [1.29, 1.82) is 0 Å². The molecule has 124 valence electrons. The Morgan fingerprint density at radius 1 is 1.20 bits per heavy atom. The van der Waals surface area contributed by atoms with Crippen LogP contribution in [0.1, 0.15) is 5.56 Å². The van der Waals surface area contributed by atoms with Gasteiger partial charge in [-0.15, -0.1) is 11.8 Å². The Balaban J connectivity index is 2.36. The molecule has 0 spiro atoms. The third-order valence-electron chi connectivity index (χ3n) is 3.51. The van der Waals surface area contributed by atoms with Gasteiger partial charge in [-0.2, -0.15) is 0 Å². The number of hydrogen-bond donors (Lipinski definition) is 1. The van der Waals surface area contributed by atoms with Gasteiger partial charge in [0.2, 0.25) is 0 Å². The van der Waals surface area contributed by atoms with Crippen molar-refractivity contribution in [2.45, 2.75) is 11.9 Å². The minimum atomic E-state index is -0.466. The topological polar surface area (TPSA) is 85.0 Å². The first kappa shape index (κ1) is 16.7. The van der Waals surface area contributed by atoms with Crippen molar-refractivity contribution < 1.29 is 0 Å². The van der Waals surface area contributed by atoms with Crippen LogP contribution < -0.4 is 11.1 Å². The molecular weight excluding hydrogens is 338 g/mol. The fraction of sp³-hybridized carbons (Fsp3) is 0.118. The molecular formula is C17H13N5O2S. The quantitative estimate of drug-likeness (QED) is 0.445. The second-order valence-electron chi connectivity index (χ2n) is 5.15. The largest absolute Gasteiger partial charge is 0.270 e. The Labute approximate surface area is 147 Å². The number of benzene rings is 1. The molecule has 25 heavy (non-hydrogen) atoms. The van der Waals surface area contributed by atoms with Gasteiger partial charge in [0.25, 0.3) is 16.8 Å². The summed E-state index contributed by atoms with van der Waals surface area (Å²) in [7, 11) is 0. The first-order valence-electron chi connectivity index (χ1n) is 7.27. The summed E-state index contributed by atoms with van der Waals surface area (Å²) >= 11 is 1.28. The molecule has 2 aromatic heterocycles. The zero-order valence-corrected chi connectivity index (χ0v) is 14.3. The van der Waals surface area contributed by atoms with Gasteiger partial charge in [-0.1, -0.05) is 30.3 Å². The smallest absolute Gasteiger partial charge is 0.268 e. The van der Waals surface area contributed by atoms with Gasteiger partial charge in [-0.3, -0.25) is 14.7 Å². The lowest BCUT2D eigenvalue weighted by Crippen LogP contribution is -2.29. The molecule has 1 N–H and O–H groups in total. The van der Waals surface area contributed by atoms with Gasteiger partial charge in [0, 0.05) is 17.2 Å². The molecule has 0 saturated heterocycles. The first-order chi connectivity index (χ1) is 12.0. The zero-order chi connectivity index (χ0) is 18.0. The number of aromatic nitrogens is 4. The van der Waals surface area contributed by atoms with E-state index >= 15 is 0 Å². The summed E-state index contributed by atoms with van der Waals surface area (Å²) in [5.74, 6) is 0.441. The second kappa shape index (κ2) is 6.75. The maximum Gasteiger partial charge on any atom is 0.270 e. The molecule has 8 heteroatoms. The first-order valence-corrected chi connectivity index (χ1v) is 8.50. The normalized spacial score (nSPS) is 10.4. The monoisotopic (exact) mass is 351 g/mol. The van der Waals surface area contributed by atoms with E-state index in [0.29, 0.717) is 16.4 Å². The lowest BCUT2D eigenvalue weighted by molar-refractivity contribution is 0.752. The fourth-order valence-electron chi connectivity index (χ4n) is 2.25. The Kier molecular flexibility index (Phi) is 4.50. The maximum atomic E-state index is 12.3. The standard InChI is InChI=1S/C17H13N5O2S/c1-10-9-12(23)22(21-16(10)24)15-13(18-2)17(25-3)20-14(19-15)11-7-5-4-6-8-11/h4-9H,1,3H3,(H,21,24). The van der Waals surface area contributed by atoms with Gasteiger partial charge in [0.15, 0.2) is 11.6 Å². The molecule has 0 radical (unpaired) electrons. The van der Waals surface area contributed by atoms with Gasteiger partial charge in [0.1, 0.15) is 5.03 Å². The molecule has 0 fully saturated rings. The molecule has 2 heterocycles. The number of thioether (sulfide) groups is 1. The molecule has 1 aromatic carbocycles. The fourth-order valence-corrected chi connectivity index (χ4v) is 2.76. The Morgan fingerprint density at radius 3 is 2.56 bits per heavy atom. The average molecular weight is 351 g/mol. The third kappa shape index (κ3) is 3.09. The van der Waals surface area contributed by atoms with E-state index in [9.17, 15) is 9.59 Å². The number of hydrogen-bond acceptors (Lipinski definition) is 5. The highest BCUT2D eigenvalue weighted by Crippen LogP contribution is 2.32. The highest BCUT2D eigenvalue weighted by atomic mass is 32.2. The van der Waals surface area contributed by atoms with Gasteiger partial charge >= 0.3 is 0 Å². The van der Waals surface area contributed by atoms with Crippen molar-refractivity contribution in [3.63, 3.8) is 0 Å². The maximum absolute atomic E-state index is 12.3. The lowest BCUT2D eigenvalue weighted by Gasteiger charge is -2.11. The summed E-state index contributed by atoms with van der Waals surface area (Å²) in [5, 5.41) is 2.91. The SMILES string of the molecule is [C-]#[N+]c1c(SC)nc(-c2ccccc2)nc1-n1[nH]c(=O)c(C)cc1=O. The Hall–Kier alpha value is -3.18. The van der Waals surface area contributed by atoms with Crippen LogP contribution in [0.4, 0.5) is 5.69 Å². The number of aryl methyl sites for hydroxylation is 1. The van der Waals surface area contributed by atoms with E-state index in [0.717, 1.165) is 10.2 Å². The summed E-state index contributed by atoms with van der Waals surface area (Å²) in [6.07, 6.45) is 1.79. The van der Waals surface area contributed by atoms with Crippen molar-refractivity contribution in [2.24, 2.45) is 0 Å². The molecule has 3 rings (SSSR count). The molecule has 0 aliphatic rings. The second-order valence-corrected chi connectivity index (χ2v) is 5.94. The third-order valence-corrected chi connectivity index (χ3v) is 4.19. The molecule has 0 bridgehead atoms. The van der Waals surface area contributed by atoms with Crippen LogP contribution in [0, 0.1) is 13.5 Å². The van der Waals surface area contributed by atoms with Crippen LogP contribution in [-0.2, 0) is 0 Å². The van der Waals surface area contributed by atoms with Crippen LogP contribution in [-0.4, -0.2) is 26.0 Å². The van der Waals surface area contributed by atoms with Crippen LogP contribution in [0.3, 0.4) is 0 Å². The molecule has 0 atom stereocenters. The lowest BCUT2D eigenvalue weighted by atomic mass is 10.2. The van der Waals surface area contributed by atoms with Crippen LogP contribution in [0.15, 0.2) is 51.0 Å². The van der Waals surface area contributed by atoms with Gasteiger partial charge < -0.3 is 0 Å². The number of aromatic amines is 1. The van der Waals surface area contributed by atoms with Gasteiger partial charge in [-0.25, -0.2) is 19.5 Å². The van der Waals surface area contributed by atoms with Crippen LogP contribution in [0.5, 0.6) is 0 Å². The van der Waals surface area contributed by atoms with E-state index in [2.05, 4.69) is 19.9 Å². The van der Waals surface area contributed by atoms with Crippen LogP contribution in [0.25, 0.3) is 22.1 Å². The number of H-pyrrole nitrogens is 1. The van der Waals surface area contributed by atoms with E-state index in [-0.39, 0.29) is 11.5 Å². The highest BCUT2D eigenvalue weighted by Gasteiger charge is 2.18. The minimum Gasteiger partial charge on any atom is -0.268 e. The van der Waals surface area contributed by atoms with Crippen molar-refractivity contribution in [3.05, 3.63) is 74.1 Å². The predicted molar refractivity (Wildman–Crippen MR) is 96.5 cm³/mol. The summed E-state index contributed by atoms with van der Waals surface area (Å²) in [6, 6.07) is 10.5. The number of nitrogens with zero attached hydrogens (tertiary/aromatic N) is 4. The summed E-state index contributed by atoms with van der Waals surface area (Å²) in [5.41, 5.74) is 0.285. The molecule has 0 aliphatic carbocycles. The van der Waals surface area contributed by atoms with Crippen LogP contribution >= 0.6 is 11.8 Å². The van der Waals surface area contributed by atoms with Gasteiger partial charge in [0.05, 0.1) is 6.57 Å². The molecule has 0 unspecified atom stereocenters. The Bertz CT molecular complexity index is 1100. The molecule has 3 aromatic rings. The summed E-state index contributed by atoms with van der Waals surface area (Å²) in [6.45, 7) is 8.99. The van der Waals surface area contributed by atoms with Crippen molar-refractivity contribution >= 4 is 17.4 Å². The van der Waals surface area contributed by atoms with Gasteiger partial charge in [-0.05, 0) is 13.2 Å². The average Bonchev–Trinajstić information content (AvgIpc) is 2.64. The molecule has 7 nitrogen and oxygen atoms in total. The van der Waals surface area contributed by atoms with E-state index in [1.807, 2.05) is 30.3 Å². The molecule has 0 amide bonds. The number of rotatable bonds is 3. The number of nitrogens with one attached hydrogen (secondary N) is 1. The zero-order valence-electron chi connectivity index (χ0n) is 13.5. The molecule has 0 aliphatic heterocycles. The van der Waals surface area contributed by atoms with E-state index < -0.39 is 11.1 Å². The highest BCUT2D eigenvalue weighted by molar-refractivity contribution is 7.98. The predicted octanol–water partition coefficient (Wildman–Crippen LogP) is 2.56. The van der Waals surface area contributed by atoms with Crippen molar-refractivity contribution in [2.75, 3.05) is 6.26 Å². The van der Waals surface area contributed by atoms with Crippen molar-refractivity contribution in [1.82, 2.24) is 19.7 Å². The molecule has 0 saturated carbocycles. The summed E-state index contributed by atoms with van der Waals surface area (Å²) in [4.78, 5) is 36.5. The van der Waals surface area contributed by atoms with Crippen LogP contribution in [0.2, 0.25) is 0 Å².